The maximum atomic E-state index is 13.1. The highest BCUT2D eigenvalue weighted by Gasteiger charge is 2.33. The number of carboxylic acids is 1. The molecule has 1 aliphatic rings. The molecule has 4 rings (SSSR count). The number of alkyl halides is 3. The monoisotopic (exact) mass is 587 g/mol. The van der Waals surface area contributed by atoms with Crippen LogP contribution in [0.25, 0.3) is 0 Å². The van der Waals surface area contributed by atoms with Gasteiger partial charge in [-0.1, -0.05) is 6.07 Å². The van der Waals surface area contributed by atoms with E-state index in [-0.39, 0.29) is 12.2 Å². The Morgan fingerprint density at radius 3 is 2.81 bits per heavy atom. The van der Waals surface area contributed by atoms with Gasteiger partial charge in [0.25, 0.3) is 0 Å². The molecule has 1 atom stereocenters. The number of halogens is 3. The predicted molar refractivity (Wildman–Crippen MR) is 152 cm³/mol. The quantitative estimate of drug-likeness (QED) is 0.217. The van der Waals surface area contributed by atoms with Gasteiger partial charge in [0.2, 0.25) is 0 Å². The number of carboxylic acid groups (broad SMARTS) is 1. The highest BCUT2D eigenvalue weighted by molar-refractivity contribution is 5.76. The molecular weight excluding hydrogens is 551 g/mol. The Morgan fingerprint density at radius 1 is 1.17 bits per heavy atom. The summed E-state index contributed by atoms with van der Waals surface area (Å²) in [6.45, 7) is 4.78. The van der Waals surface area contributed by atoms with Crippen molar-refractivity contribution in [2.75, 3.05) is 43.4 Å². The molecule has 13 heteroatoms. The predicted octanol–water partition coefficient (Wildman–Crippen LogP) is 4.61. The minimum atomic E-state index is -4.66. The smallest absolute Gasteiger partial charge is 0.433 e. The average Bonchev–Trinajstić information content (AvgIpc) is 2.97. The van der Waals surface area contributed by atoms with Crippen LogP contribution in [0.15, 0.2) is 42.9 Å². The lowest BCUT2D eigenvalue weighted by Gasteiger charge is -2.25. The Hall–Kier alpha value is -4.00. The van der Waals surface area contributed by atoms with Gasteiger partial charge in [0, 0.05) is 37.6 Å². The molecule has 3 aromatic rings. The molecule has 3 N–H and O–H groups in total. The summed E-state index contributed by atoms with van der Waals surface area (Å²) < 4.78 is 45.1. The van der Waals surface area contributed by atoms with Crippen molar-refractivity contribution in [3.63, 3.8) is 0 Å². The fraction of sp³-hybridized carbons (Fsp3) is 0.483. The Kier molecular flexibility index (Phi) is 10.9. The standard InChI is InChI=1S/C29H36F3N7O3/c1-20-24(8-5-12-33-20)42-17-16-39(14-3-2-7-22-10-9-21-6-4-13-34-27(21)37-22)15-11-23(28(40)41)38-26-18-25(29(30,31)32)35-19-36-26/h5,8-10,12,18-19,23H,2-4,6-7,11,13-17H2,1H3,(H,34,37)(H,40,41)(H,35,36,38)/t23-/m0/s1. The number of nitrogens with one attached hydrogen (secondary N) is 2. The van der Waals surface area contributed by atoms with Crippen molar-refractivity contribution in [1.29, 1.82) is 0 Å². The van der Waals surface area contributed by atoms with Crippen LogP contribution in [0, 0.1) is 6.92 Å². The zero-order valence-corrected chi connectivity index (χ0v) is 23.5. The van der Waals surface area contributed by atoms with Gasteiger partial charge in [-0.15, -0.1) is 0 Å². The largest absolute Gasteiger partial charge is 0.490 e. The summed E-state index contributed by atoms with van der Waals surface area (Å²) in [6, 6.07) is 7.43. The molecule has 0 amide bonds. The van der Waals surface area contributed by atoms with E-state index in [4.69, 9.17) is 9.72 Å². The van der Waals surface area contributed by atoms with Crippen LogP contribution < -0.4 is 15.4 Å². The van der Waals surface area contributed by atoms with Gasteiger partial charge in [-0.25, -0.2) is 19.7 Å². The number of aryl methyl sites for hydroxylation is 3. The molecule has 1 aliphatic heterocycles. The highest BCUT2D eigenvalue weighted by atomic mass is 19.4. The van der Waals surface area contributed by atoms with Crippen molar-refractivity contribution in [2.45, 2.75) is 57.7 Å². The summed E-state index contributed by atoms with van der Waals surface area (Å²) >= 11 is 0. The molecule has 42 heavy (non-hydrogen) atoms. The summed E-state index contributed by atoms with van der Waals surface area (Å²) in [5.41, 5.74) is 1.91. The van der Waals surface area contributed by atoms with Gasteiger partial charge in [0.15, 0.2) is 0 Å². The van der Waals surface area contributed by atoms with E-state index in [1.807, 2.05) is 13.0 Å². The third kappa shape index (κ3) is 9.26. The normalized spacial score (nSPS) is 13.7. The van der Waals surface area contributed by atoms with Crippen molar-refractivity contribution >= 4 is 17.6 Å². The summed E-state index contributed by atoms with van der Waals surface area (Å²) in [7, 11) is 0. The molecule has 10 nitrogen and oxygen atoms in total. The Morgan fingerprint density at radius 2 is 2.02 bits per heavy atom. The number of hydrogen-bond acceptors (Lipinski definition) is 9. The minimum absolute atomic E-state index is 0.144. The lowest BCUT2D eigenvalue weighted by molar-refractivity contribution is -0.141. The number of rotatable bonds is 15. The zero-order valence-electron chi connectivity index (χ0n) is 23.5. The average molecular weight is 588 g/mol. The highest BCUT2D eigenvalue weighted by Crippen LogP contribution is 2.28. The van der Waals surface area contributed by atoms with E-state index in [0.29, 0.717) is 38.1 Å². The van der Waals surface area contributed by atoms with Crippen LogP contribution in [0.2, 0.25) is 0 Å². The van der Waals surface area contributed by atoms with E-state index in [0.717, 1.165) is 62.2 Å². The summed E-state index contributed by atoms with van der Waals surface area (Å²) in [6.07, 6.45) is 2.66. The third-order valence-corrected chi connectivity index (χ3v) is 7.04. The maximum Gasteiger partial charge on any atom is 0.433 e. The molecule has 0 saturated carbocycles. The second-order valence-corrected chi connectivity index (χ2v) is 10.2. The molecule has 0 saturated heterocycles. The van der Waals surface area contributed by atoms with E-state index in [2.05, 4.69) is 42.6 Å². The molecule has 0 bridgehead atoms. The van der Waals surface area contributed by atoms with Crippen LogP contribution >= 0.6 is 0 Å². The van der Waals surface area contributed by atoms with E-state index in [9.17, 15) is 23.1 Å². The van der Waals surface area contributed by atoms with Crippen molar-refractivity contribution in [3.05, 3.63) is 65.5 Å². The Balaban J connectivity index is 1.33. The lowest BCUT2D eigenvalue weighted by Crippen LogP contribution is -2.37. The first-order valence-corrected chi connectivity index (χ1v) is 14.1. The van der Waals surface area contributed by atoms with Gasteiger partial charge >= 0.3 is 12.1 Å². The molecule has 226 valence electrons. The number of aliphatic carboxylic acids is 1. The summed E-state index contributed by atoms with van der Waals surface area (Å²) in [4.78, 5) is 30.1. The molecule has 0 aromatic carbocycles. The molecule has 3 aromatic heterocycles. The molecule has 0 aliphatic carbocycles. The second-order valence-electron chi connectivity index (χ2n) is 10.2. The number of nitrogens with zero attached hydrogens (tertiary/aromatic N) is 5. The first-order chi connectivity index (χ1) is 20.2. The number of pyridine rings is 2. The van der Waals surface area contributed by atoms with Crippen LogP contribution in [-0.2, 0) is 23.8 Å². The van der Waals surface area contributed by atoms with Gasteiger partial charge in [-0.3, -0.25) is 9.88 Å². The zero-order chi connectivity index (χ0) is 30.0. The molecule has 0 fully saturated rings. The van der Waals surface area contributed by atoms with Gasteiger partial charge in [-0.2, -0.15) is 13.2 Å². The van der Waals surface area contributed by atoms with E-state index in [1.165, 1.54) is 5.56 Å². The van der Waals surface area contributed by atoms with Crippen LogP contribution in [-0.4, -0.2) is 74.7 Å². The van der Waals surface area contributed by atoms with E-state index >= 15 is 0 Å². The van der Waals surface area contributed by atoms with Gasteiger partial charge < -0.3 is 20.5 Å². The Labute approximate surface area is 242 Å². The molecular formula is C29H36F3N7O3. The lowest BCUT2D eigenvalue weighted by atomic mass is 10.1. The number of aromatic nitrogens is 4. The fourth-order valence-corrected chi connectivity index (χ4v) is 4.73. The van der Waals surface area contributed by atoms with Crippen molar-refractivity contribution in [2.24, 2.45) is 0 Å². The van der Waals surface area contributed by atoms with Gasteiger partial charge in [0.05, 0.1) is 5.69 Å². The number of fused-ring (bicyclic) bond motifs is 1. The summed E-state index contributed by atoms with van der Waals surface area (Å²) in [5, 5.41) is 15.7. The number of ether oxygens (including phenoxy) is 1. The van der Waals surface area contributed by atoms with E-state index in [1.54, 1.807) is 12.3 Å². The first kappa shape index (κ1) is 30.9. The molecule has 4 heterocycles. The summed E-state index contributed by atoms with van der Waals surface area (Å²) in [5.74, 6) is 0.274. The van der Waals surface area contributed by atoms with Crippen molar-refractivity contribution < 1.29 is 27.8 Å². The number of carbonyl (C=O) groups is 1. The van der Waals surface area contributed by atoms with Crippen LogP contribution in [0.5, 0.6) is 5.75 Å². The molecule has 0 radical (unpaired) electrons. The second kappa shape index (κ2) is 14.8. The van der Waals surface area contributed by atoms with Gasteiger partial charge in [0.1, 0.15) is 42.1 Å². The number of hydrogen-bond donors (Lipinski definition) is 3. The van der Waals surface area contributed by atoms with Crippen molar-refractivity contribution in [1.82, 2.24) is 24.8 Å². The van der Waals surface area contributed by atoms with Crippen LogP contribution in [0.1, 0.15) is 48.3 Å². The maximum absolute atomic E-state index is 13.1. The van der Waals surface area contributed by atoms with Crippen LogP contribution in [0.3, 0.4) is 0 Å². The van der Waals surface area contributed by atoms with Crippen molar-refractivity contribution in [3.8, 4) is 5.75 Å². The molecule has 0 spiro atoms. The molecule has 0 unspecified atom stereocenters. The minimum Gasteiger partial charge on any atom is -0.490 e. The topological polar surface area (TPSA) is 125 Å². The number of unbranched alkanes of at least 4 members (excludes halogenated alkanes) is 1. The van der Waals surface area contributed by atoms with Crippen LogP contribution in [0.4, 0.5) is 24.8 Å². The van der Waals surface area contributed by atoms with E-state index < -0.39 is 23.9 Å². The third-order valence-electron chi connectivity index (χ3n) is 7.04. The SMILES string of the molecule is Cc1ncccc1OCCN(CCCCc1ccc2c(n1)NCCC2)CC[C@H](Nc1cc(C(F)(F)F)ncn1)C(=O)O. The fourth-order valence-electron chi connectivity index (χ4n) is 4.73. The van der Waals surface area contributed by atoms with Gasteiger partial charge in [-0.05, 0) is 75.8 Å². The Bertz CT molecular complexity index is 1330. The first-order valence-electron chi connectivity index (χ1n) is 14.1. The number of anilines is 2.